The molecule has 1 aliphatic rings. The monoisotopic (exact) mass is 261 g/mol. The molecular weight excluding hydrogens is 234 g/mol. The Bertz CT molecular complexity index is 401. The highest BCUT2D eigenvalue weighted by Gasteiger charge is 2.32. The van der Waals surface area contributed by atoms with Gasteiger partial charge in [-0.3, -0.25) is 0 Å². The Kier molecular flexibility index (Phi) is 4.67. The van der Waals surface area contributed by atoms with E-state index in [-0.39, 0.29) is 0 Å². The van der Waals surface area contributed by atoms with E-state index in [1.54, 1.807) is 0 Å². The standard InChI is InChI=1S/C16H27N3/c1-4-12-17-14-9-7-10-15(19-14)18-13-8-5-6-11-16(13,2)3/h7,9-10,13H,4-6,8,11-12H2,1-3H3,(H2,17,18,19). The lowest BCUT2D eigenvalue weighted by Gasteiger charge is -2.39. The number of nitrogens with zero attached hydrogens (tertiary/aromatic N) is 1. The van der Waals surface area contributed by atoms with Gasteiger partial charge in [-0.05, 0) is 36.8 Å². The summed E-state index contributed by atoms with van der Waals surface area (Å²) < 4.78 is 0. The summed E-state index contributed by atoms with van der Waals surface area (Å²) in [6.45, 7) is 7.87. The molecule has 0 bridgehead atoms. The van der Waals surface area contributed by atoms with Gasteiger partial charge in [-0.25, -0.2) is 4.98 Å². The van der Waals surface area contributed by atoms with Crippen molar-refractivity contribution in [1.29, 1.82) is 0 Å². The molecule has 1 aromatic rings. The third-order valence-corrected chi connectivity index (χ3v) is 4.13. The molecule has 1 heterocycles. The Morgan fingerprint density at radius 3 is 2.79 bits per heavy atom. The van der Waals surface area contributed by atoms with Gasteiger partial charge in [0.1, 0.15) is 11.6 Å². The largest absolute Gasteiger partial charge is 0.370 e. The van der Waals surface area contributed by atoms with Crippen LogP contribution in [0.4, 0.5) is 11.6 Å². The maximum absolute atomic E-state index is 4.65. The van der Waals surface area contributed by atoms with Crippen LogP contribution in [0.3, 0.4) is 0 Å². The van der Waals surface area contributed by atoms with Gasteiger partial charge in [0.2, 0.25) is 0 Å². The molecule has 2 N–H and O–H groups in total. The van der Waals surface area contributed by atoms with E-state index >= 15 is 0 Å². The average molecular weight is 261 g/mol. The number of hydrogen-bond acceptors (Lipinski definition) is 3. The molecule has 0 aliphatic heterocycles. The summed E-state index contributed by atoms with van der Waals surface area (Å²) in [7, 11) is 0. The fourth-order valence-corrected chi connectivity index (χ4v) is 2.81. The van der Waals surface area contributed by atoms with E-state index in [1.165, 1.54) is 25.7 Å². The number of nitrogens with one attached hydrogen (secondary N) is 2. The van der Waals surface area contributed by atoms with Crippen LogP contribution >= 0.6 is 0 Å². The van der Waals surface area contributed by atoms with Crippen LogP contribution in [0.15, 0.2) is 18.2 Å². The number of anilines is 2. The Morgan fingerprint density at radius 2 is 2.05 bits per heavy atom. The highest BCUT2D eigenvalue weighted by Crippen LogP contribution is 2.37. The van der Waals surface area contributed by atoms with Gasteiger partial charge in [0.05, 0.1) is 0 Å². The van der Waals surface area contributed by atoms with Crippen LogP contribution < -0.4 is 10.6 Å². The van der Waals surface area contributed by atoms with Gasteiger partial charge >= 0.3 is 0 Å². The number of aromatic nitrogens is 1. The zero-order valence-electron chi connectivity index (χ0n) is 12.5. The van der Waals surface area contributed by atoms with Crippen molar-refractivity contribution in [3.63, 3.8) is 0 Å². The predicted octanol–water partition coefficient (Wildman–Crippen LogP) is 4.28. The van der Waals surface area contributed by atoms with Crippen molar-refractivity contribution >= 4 is 11.6 Å². The number of pyridine rings is 1. The molecule has 0 radical (unpaired) electrons. The van der Waals surface area contributed by atoms with Crippen molar-refractivity contribution in [2.75, 3.05) is 17.2 Å². The van der Waals surface area contributed by atoms with E-state index in [9.17, 15) is 0 Å². The van der Waals surface area contributed by atoms with E-state index < -0.39 is 0 Å². The minimum absolute atomic E-state index is 0.368. The first-order valence-corrected chi connectivity index (χ1v) is 7.59. The summed E-state index contributed by atoms with van der Waals surface area (Å²) in [5, 5.41) is 6.98. The van der Waals surface area contributed by atoms with Crippen molar-refractivity contribution in [3.8, 4) is 0 Å². The lowest BCUT2D eigenvalue weighted by atomic mass is 9.73. The molecule has 0 spiro atoms. The Hall–Kier alpha value is -1.25. The van der Waals surface area contributed by atoms with Gasteiger partial charge in [-0.2, -0.15) is 0 Å². The second-order valence-corrected chi connectivity index (χ2v) is 6.27. The molecule has 0 amide bonds. The predicted molar refractivity (Wildman–Crippen MR) is 82.7 cm³/mol. The van der Waals surface area contributed by atoms with E-state index in [1.807, 2.05) is 6.07 Å². The molecule has 1 atom stereocenters. The Morgan fingerprint density at radius 1 is 1.26 bits per heavy atom. The van der Waals surface area contributed by atoms with Gasteiger partial charge in [0.25, 0.3) is 0 Å². The van der Waals surface area contributed by atoms with Gasteiger partial charge in [-0.15, -0.1) is 0 Å². The smallest absolute Gasteiger partial charge is 0.128 e. The molecule has 1 aliphatic carbocycles. The van der Waals surface area contributed by atoms with Crippen LogP contribution in [0.25, 0.3) is 0 Å². The van der Waals surface area contributed by atoms with Crippen LogP contribution in [0.5, 0.6) is 0 Å². The average Bonchev–Trinajstić information content (AvgIpc) is 2.39. The lowest BCUT2D eigenvalue weighted by molar-refractivity contribution is 0.216. The summed E-state index contributed by atoms with van der Waals surface area (Å²) in [5.74, 6) is 1.97. The van der Waals surface area contributed by atoms with Crippen molar-refractivity contribution < 1.29 is 0 Å². The molecule has 1 unspecified atom stereocenters. The maximum Gasteiger partial charge on any atom is 0.128 e. The van der Waals surface area contributed by atoms with E-state index in [4.69, 9.17) is 0 Å². The van der Waals surface area contributed by atoms with Crippen molar-refractivity contribution in [3.05, 3.63) is 18.2 Å². The molecule has 2 rings (SSSR count). The summed E-state index contributed by atoms with van der Waals surface area (Å²) in [4.78, 5) is 4.65. The fraction of sp³-hybridized carbons (Fsp3) is 0.688. The summed E-state index contributed by atoms with van der Waals surface area (Å²) in [6, 6.07) is 6.72. The highest BCUT2D eigenvalue weighted by molar-refractivity contribution is 5.45. The Balaban J connectivity index is 2.01. The summed E-state index contributed by atoms with van der Waals surface area (Å²) in [6.07, 6.45) is 6.36. The lowest BCUT2D eigenvalue weighted by Crippen LogP contribution is -2.39. The van der Waals surface area contributed by atoms with Gasteiger partial charge in [0, 0.05) is 12.6 Å². The Labute approximate surface area is 117 Å². The van der Waals surface area contributed by atoms with Crippen molar-refractivity contribution in [2.45, 2.75) is 58.9 Å². The molecular formula is C16H27N3. The number of hydrogen-bond donors (Lipinski definition) is 2. The zero-order valence-corrected chi connectivity index (χ0v) is 12.5. The van der Waals surface area contributed by atoms with E-state index in [0.29, 0.717) is 11.5 Å². The van der Waals surface area contributed by atoms with Gasteiger partial charge in [-0.1, -0.05) is 39.7 Å². The molecule has 1 saturated carbocycles. The molecule has 106 valence electrons. The quantitative estimate of drug-likeness (QED) is 0.830. The molecule has 3 nitrogen and oxygen atoms in total. The fourth-order valence-electron chi connectivity index (χ4n) is 2.81. The van der Waals surface area contributed by atoms with Crippen LogP contribution in [-0.2, 0) is 0 Å². The zero-order chi connectivity index (χ0) is 13.7. The van der Waals surface area contributed by atoms with E-state index in [0.717, 1.165) is 24.6 Å². The molecule has 3 heteroatoms. The first-order chi connectivity index (χ1) is 9.12. The molecule has 0 aromatic carbocycles. The topological polar surface area (TPSA) is 37.0 Å². The SMILES string of the molecule is CCCNc1cccc(NC2CCCCC2(C)C)n1. The molecule has 1 aromatic heterocycles. The number of rotatable bonds is 5. The molecule has 19 heavy (non-hydrogen) atoms. The molecule has 0 saturated heterocycles. The minimum Gasteiger partial charge on any atom is -0.370 e. The summed E-state index contributed by atoms with van der Waals surface area (Å²) in [5.41, 5.74) is 0.368. The van der Waals surface area contributed by atoms with Crippen molar-refractivity contribution in [2.24, 2.45) is 5.41 Å². The van der Waals surface area contributed by atoms with Crippen LogP contribution in [0.2, 0.25) is 0 Å². The van der Waals surface area contributed by atoms with Gasteiger partial charge in [0.15, 0.2) is 0 Å². The first kappa shape index (κ1) is 14.2. The van der Waals surface area contributed by atoms with E-state index in [2.05, 4.69) is 48.5 Å². The van der Waals surface area contributed by atoms with Crippen molar-refractivity contribution in [1.82, 2.24) is 4.98 Å². The third kappa shape index (κ3) is 3.85. The summed E-state index contributed by atoms with van der Waals surface area (Å²) >= 11 is 0. The first-order valence-electron chi connectivity index (χ1n) is 7.59. The molecule has 1 fully saturated rings. The second-order valence-electron chi connectivity index (χ2n) is 6.27. The normalized spacial score (nSPS) is 21.9. The van der Waals surface area contributed by atoms with Gasteiger partial charge < -0.3 is 10.6 Å². The van der Waals surface area contributed by atoms with Crippen LogP contribution in [0.1, 0.15) is 52.9 Å². The van der Waals surface area contributed by atoms with Crippen LogP contribution in [-0.4, -0.2) is 17.6 Å². The highest BCUT2D eigenvalue weighted by atomic mass is 15.1. The maximum atomic E-state index is 4.65. The minimum atomic E-state index is 0.368. The third-order valence-electron chi connectivity index (χ3n) is 4.13. The second kappa shape index (κ2) is 6.27. The van der Waals surface area contributed by atoms with Crippen LogP contribution in [0, 0.1) is 5.41 Å².